The van der Waals surface area contributed by atoms with Gasteiger partial charge in [-0.25, -0.2) is 0 Å². The van der Waals surface area contributed by atoms with E-state index >= 15 is 0 Å². The third kappa shape index (κ3) is 2.72. The molecule has 0 spiro atoms. The first-order valence-corrected chi connectivity index (χ1v) is 5.59. The van der Waals surface area contributed by atoms with Crippen LogP contribution >= 0.6 is 0 Å². The fraction of sp³-hybridized carbons (Fsp3) is 0.500. The fourth-order valence-corrected chi connectivity index (χ4v) is 2.31. The molecule has 1 N–H and O–H groups in total. The van der Waals surface area contributed by atoms with E-state index in [0.29, 0.717) is 18.7 Å². The third-order valence-corrected chi connectivity index (χ3v) is 3.06. The predicted molar refractivity (Wildman–Crippen MR) is 61.1 cm³/mol. The monoisotopic (exact) mass is 244 g/mol. The molecule has 2 nitrogen and oxygen atoms in total. The maximum Gasteiger partial charge on any atom is 0.405 e. The molecular formula is C12H15F3N2. The number of alkyl halides is 3. The molecule has 5 heteroatoms. The molecule has 0 saturated carbocycles. The number of para-hydroxylation sites is 1. The highest BCUT2D eigenvalue weighted by molar-refractivity contribution is 5.57. The van der Waals surface area contributed by atoms with Gasteiger partial charge in [0.25, 0.3) is 0 Å². The molecule has 0 aromatic heterocycles. The van der Waals surface area contributed by atoms with Gasteiger partial charge >= 0.3 is 6.18 Å². The summed E-state index contributed by atoms with van der Waals surface area (Å²) >= 11 is 0. The van der Waals surface area contributed by atoms with E-state index in [0.717, 1.165) is 5.56 Å². The van der Waals surface area contributed by atoms with Crippen molar-refractivity contribution in [3.8, 4) is 0 Å². The van der Waals surface area contributed by atoms with E-state index in [4.69, 9.17) is 0 Å². The fourth-order valence-electron chi connectivity index (χ4n) is 2.31. The minimum Gasteiger partial charge on any atom is -0.362 e. The van der Waals surface area contributed by atoms with Gasteiger partial charge in [0.1, 0.15) is 6.54 Å². The van der Waals surface area contributed by atoms with Crippen molar-refractivity contribution in [2.24, 2.45) is 0 Å². The Kier molecular flexibility index (Phi) is 3.28. The van der Waals surface area contributed by atoms with Crippen LogP contribution in [0.25, 0.3) is 0 Å². The smallest absolute Gasteiger partial charge is 0.362 e. The van der Waals surface area contributed by atoms with Crippen LogP contribution in [-0.4, -0.2) is 26.3 Å². The van der Waals surface area contributed by atoms with Crippen LogP contribution in [0.5, 0.6) is 0 Å². The van der Waals surface area contributed by atoms with E-state index in [1.165, 1.54) is 4.90 Å². The van der Waals surface area contributed by atoms with Crippen molar-refractivity contribution in [2.75, 3.05) is 25.0 Å². The highest BCUT2D eigenvalue weighted by Gasteiger charge is 2.34. The van der Waals surface area contributed by atoms with Crippen molar-refractivity contribution in [2.45, 2.75) is 18.6 Å². The number of rotatable bonds is 2. The number of benzene rings is 1. The lowest BCUT2D eigenvalue weighted by Crippen LogP contribution is -2.40. The number of nitrogens with zero attached hydrogens (tertiary/aromatic N) is 1. The average molecular weight is 244 g/mol. The molecule has 0 saturated heterocycles. The second kappa shape index (κ2) is 4.56. The Labute approximate surface area is 98.4 Å². The number of fused-ring (bicyclic) bond motifs is 1. The van der Waals surface area contributed by atoms with Crippen molar-refractivity contribution in [3.05, 3.63) is 29.8 Å². The zero-order valence-electron chi connectivity index (χ0n) is 9.59. The summed E-state index contributed by atoms with van der Waals surface area (Å²) in [5.74, 6) is 0. The van der Waals surface area contributed by atoms with Crippen LogP contribution in [0.2, 0.25) is 0 Å². The lowest BCUT2D eigenvalue weighted by atomic mass is 9.96. The Morgan fingerprint density at radius 1 is 1.35 bits per heavy atom. The first-order chi connectivity index (χ1) is 8.01. The van der Waals surface area contributed by atoms with E-state index in [1.807, 2.05) is 19.2 Å². The number of anilines is 1. The van der Waals surface area contributed by atoms with Crippen molar-refractivity contribution >= 4 is 5.69 Å². The van der Waals surface area contributed by atoms with Crippen molar-refractivity contribution < 1.29 is 13.2 Å². The summed E-state index contributed by atoms with van der Waals surface area (Å²) < 4.78 is 37.4. The summed E-state index contributed by atoms with van der Waals surface area (Å²) in [4.78, 5) is 1.41. The summed E-state index contributed by atoms with van der Waals surface area (Å²) in [5.41, 5.74) is 1.64. The second-order valence-electron chi connectivity index (χ2n) is 4.23. The topological polar surface area (TPSA) is 15.3 Å². The Balaban J connectivity index is 2.28. The first kappa shape index (κ1) is 12.2. The van der Waals surface area contributed by atoms with E-state index in [1.54, 1.807) is 12.1 Å². The standard InChI is InChI=1S/C12H15F3N2/c1-16-10-6-7-17(8-12(13,14)15)11-5-3-2-4-9(10)11/h2-5,10,16H,6-8H2,1H3. The van der Waals surface area contributed by atoms with Crippen LogP contribution < -0.4 is 10.2 Å². The quantitative estimate of drug-likeness (QED) is 0.860. The molecule has 94 valence electrons. The lowest BCUT2D eigenvalue weighted by molar-refractivity contribution is -0.119. The highest BCUT2D eigenvalue weighted by atomic mass is 19.4. The molecule has 17 heavy (non-hydrogen) atoms. The van der Waals surface area contributed by atoms with E-state index in [2.05, 4.69) is 5.32 Å². The number of hydrogen-bond acceptors (Lipinski definition) is 2. The molecule has 1 aromatic rings. The Morgan fingerprint density at radius 3 is 2.71 bits per heavy atom. The SMILES string of the molecule is CNC1CCN(CC(F)(F)F)c2ccccc21. The third-order valence-electron chi connectivity index (χ3n) is 3.06. The number of nitrogens with one attached hydrogen (secondary N) is 1. The molecule has 1 aromatic carbocycles. The van der Waals surface area contributed by atoms with Crippen LogP contribution in [-0.2, 0) is 0 Å². The molecule has 1 aliphatic rings. The van der Waals surface area contributed by atoms with E-state index in [-0.39, 0.29) is 6.04 Å². The molecule has 1 aliphatic heterocycles. The Hall–Kier alpha value is -1.23. The van der Waals surface area contributed by atoms with Crippen LogP contribution in [0.4, 0.5) is 18.9 Å². The van der Waals surface area contributed by atoms with Gasteiger partial charge in [0.2, 0.25) is 0 Å². The maximum atomic E-state index is 12.5. The minimum absolute atomic E-state index is 0.149. The van der Waals surface area contributed by atoms with Gasteiger partial charge in [0.05, 0.1) is 0 Å². The van der Waals surface area contributed by atoms with Gasteiger partial charge in [-0.05, 0) is 25.1 Å². The van der Waals surface area contributed by atoms with Crippen molar-refractivity contribution in [3.63, 3.8) is 0 Å². The van der Waals surface area contributed by atoms with Gasteiger partial charge in [-0.2, -0.15) is 13.2 Å². The van der Waals surface area contributed by atoms with Crippen LogP contribution in [0.3, 0.4) is 0 Å². The summed E-state index contributed by atoms with van der Waals surface area (Å²) in [6.07, 6.45) is -3.46. The predicted octanol–water partition coefficient (Wildman–Crippen LogP) is 2.72. The van der Waals surface area contributed by atoms with Crippen LogP contribution in [0.15, 0.2) is 24.3 Å². The number of hydrogen-bond donors (Lipinski definition) is 1. The second-order valence-corrected chi connectivity index (χ2v) is 4.23. The molecule has 1 atom stereocenters. The zero-order chi connectivity index (χ0) is 12.5. The normalized spacial score (nSPS) is 20.2. The summed E-state index contributed by atoms with van der Waals surface area (Å²) in [6, 6.07) is 7.43. The van der Waals surface area contributed by atoms with Gasteiger partial charge in [-0.15, -0.1) is 0 Å². The Morgan fingerprint density at radius 2 is 2.06 bits per heavy atom. The van der Waals surface area contributed by atoms with Gasteiger partial charge in [0, 0.05) is 18.3 Å². The lowest BCUT2D eigenvalue weighted by Gasteiger charge is -2.36. The molecule has 0 bridgehead atoms. The van der Waals surface area contributed by atoms with Gasteiger partial charge < -0.3 is 10.2 Å². The molecule has 0 amide bonds. The number of halogens is 3. The van der Waals surface area contributed by atoms with Gasteiger partial charge in [0.15, 0.2) is 0 Å². The summed E-state index contributed by atoms with van der Waals surface area (Å²) in [6.45, 7) is -0.442. The highest BCUT2D eigenvalue weighted by Crippen LogP contribution is 2.34. The first-order valence-electron chi connectivity index (χ1n) is 5.59. The van der Waals surface area contributed by atoms with Crippen LogP contribution in [0.1, 0.15) is 18.0 Å². The van der Waals surface area contributed by atoms with Gasteiger partial charge in [-0.3, -0.25) is 0 Å². The molecule has 1 unspecified atom stereocenters. The van der Waals surface area contributed by atoms with Crippen molar-refractivity contribution in [1.29, 1.82) is 0 Å². The largest absolute Gasteiger partial charge is 0.405 e. The Bertz CT molecular complexity index is 390. The molecule has 0 aliphatic carbocycles. The molecule has 0 fully saturated rings. The minimum atomic E-state index is -4.15. The molecule has 2 rings (SSSR count). The average Bonchev–Trinajstić information content (AvgIpc) is 2.28. The molecular weight excluding hydrogens is 229 g/mol. The van der Waals surface area contributed by atoms with Gasteiger partial charge in [-0.1, -0.05) is 18.2 Å². The summed E-state index contributed by atoms with van der Waals surface area (Å²) in [5, 5.41) is 3.14. The van der Waals surface area contributed by atoms with E-state index in [9.17, 15) is 13.2 Å². The molecule has 1 heterocycles. The maximum absolute atomic E-state index is 12.5. The zero-order valence-corrected chi connectivity index (χ0v) is 9.59. The van der Waals surface area contributed by atoms with Crippen molar-refractivity contribution in [1.82, 2.24) is 5.32 Å². The summed E-state index contributed by atoms with van der Waals surface area (Å²) in [7, 11) is 1.83. The van der Waals surface area contributed by atoms with E-state index < -0.39 is 12.7 Å². The molecule has 0 radical (unpaired) electrons. The van der Waals surface area contributed by atoms with Crippen LogP contribution in [0, 0.1) is 0 Å².